The second kappa shape index (κ2) is 4.37. The van der Waals surface area contributed by atoms with Crippen LogP contribution < -0.4 is 21.5 Å². The molecule has 0 radical (unpaired) electrons. The highest BCUT2D eigenvalue weighted by Gasteiger charge is 2.19. The molecule has 1 aromatic carbocycles. The first-order chi connectivity index (χ1) is 6.59. The van der Waals surface area contributed by atoms with Gasteiger partial charge in [0, 0.05) is 19.2 Å². The van der Waals surface area contributed by atoms with E-state index in [2.05, 4.69) is 0 Å². The van der Waals surface area contributed by atoms with E-state index < -0.39 is 0 Å². The van der Waals surface area contributed by atoms with Crippen molar-refractivity contribution in [2.45, 2.75) is 19.8 Å². The molecule has 1 rings (SSSR count). The Hall–Kier alpha value is -1.16. The first-order valence-electron chi connectivity index (χ1n) is 4.80. The summed E-state index contributed by atoms with van der Waals surface area (Å²) in [5.41, 5.74) is 5.84. The summed E-state index contributed by atoms with van der Waals surface area (Å²) in [7, 11) is 1.83. The molecule has 4 nitrogen and oxygen atoms in total. The lowest BCUT2D eigenvalue weighted by molar-refractivity contribution is 0.724. The summed E-state index contributed by atoms with van der Waals surface area (Å²) in [6, 6.07) is 0. The first kappa shape index (κ1) is 10.9. The van der Waals surface area contributed by atoms with Crippen molar-refractivity contribution in [1.82, 2.24) is 0 Å². The molecule has 0 atom stereocenters. The van der Waals surface area contributed by atoms with Gasteiger partial charge in [-0.3, -0.25) is 9.59 Å². The van der Waals surface area contributed by atoms with Gasteiger partial charge in [0.1, 0.15) is 0 Å². The average Bonchev–Trinajstić information content (AvgIpc) is 2.18. The third-order valence-corrected chi connectivity index (χ3v) is 2.45. The molecule has 0 fully saturated rings. The van der Waals surface area contributed by atoms with Crippen molar-refractivity contribution in [3.05, 3.63) is 26.0 Å². The average molecular weight is 196 g/mol. The van der Waals surface area contributed by atoms with Crippen LogP contribution in [0, 0.1) is 6.92 Å². The number of hydrogen-bond acceptors (Lipinski definition) is 4. The fraction of sp³-hybridized carbons (Fsp3) is 0.600. The number of anilines is 1. The number of rotatable bonds is 5. The van der Waals surface area contributed by atoms with Crippen LogP contribution in [0.15, 0.2) is 9.59 Å². The maximum atomic E-state index is 11.2. The van der Waals surface area contributed by atoms with E-state index in [4.69, 9.17) is 5.73 Å². The van der Waals surface area contributed by atoms with Crippen LogP contribution in [-0.4, -0.2) is 20.1 Å². The van der Waals surface area contributed by atoms with E-state index >= 15 is 0 Å². The molecule has 14 heavy (non-hydrogen) atoms. The Kier molecular flexibility index (Phi) is 3.41. The third-order valence-electron chi connectivity index (χ3n) is 2.45. The van der Waals surface area contributed by atoms with Gasteiger partial charge in [-0.1, -0.05) is 0 Å². The molecule has 4 heteroatoms. The largest absolute Gasteiger partial charge is 0.371 e. The molecule has 0 saturated carbocycles. The summed E-state index contributed by atoms with van der Waals surface area (Å²) in [4.78, 5) is 24.0. The molecule has 78 valence electrons. The van der Waals surface area contributed by atoms with Crippen LogP contribution in [0.4, 0.5) is 5.69 Å². The molecular weight excluding hydrogens is 180 g/mol. The molecule has 0 heterocycles. The summed E-state index contributed by atoms with van der Waals surface area (Å²) >= 11 is 0. The standard InChI is InChI=1S/C10H16N2O2/c1-7-8(10(14)9(7)13)12(2)6-4-3-5-11/h3-6,11H2,1-2H3. The summed E-state index contributed by atoms with van der Waals surface area (Å²) in [5, 5.41) is 0. The zero-order valence-corrected chi connectivity index (χ0v) is 8.67. The Labute approximate surface area is 83.0 Å². The van der Waals surface area contributed by atoms with Gasteiger partial charge in [0.05, 0.1) is 5.69 Å². The predicted octanol–water partition coefficient (Wildman–Crippen LogP) is -0.234. The van der Waals surface area contributed by atoms with E-state index in [1.165, 1.54) is 0 Å². The topological polar surface area (TPSA) is 63.4 Å². The highest BCUT2D eigenvalue weighted by Crippen LogP contribution is 2.11. The van der Waals surface area contributed by atoms with Crippen LogP contribution in [0.1, 0.15) is 18.4 Å². The van der Waals surface area contributed by atoms with Crippen molar-refractivity contribution in [2.24, 2.45) is 5.73 Å². The van der Waals surface area contributed by atoms with Gasteiger partial charge in [-0.25, -0.2) is 0 Å². The van der Waals surface area contributed by atoms with Crippen molar-refractivity contribution in [1.29, 1.82) is 0 Å². The van der Waals surface area contributed by atoms with Crippen molar-refractivity contribution in [3.8, 4) is 0 Å². The molecule has 1 aromatic rings. The summed E-state index contributed by atoms with van der Waals surface area (Å²) in [6.07, 6.45) is 1.89. The Morgan fingerprint density at radius 3 is 2.36 bits per heavy atom. The zero-order chi connectivity index (χ0) is 10.7. The molecular formula is C10H16N2O2. The van der Waals surface area contributed by atoms with Crippen LogP contribution >= 0.6 is 0 Å². The minimum absolute atomic E-state index is 0.342. The van der Waals surface area contributed by atoms with E-state index in [1.54, 1.807) is 6.92 Å². The second-order valence-electron chi connectivity index (χ2n) is 3.55. The van der Waals surface area contributed by atoms with E-state index in [0.29, 0.717) is 17.8 Å². The van der Waals surface area contributed by atoms with Crippen molar-refractivity contribution in [2.75, 3.05) is 25.0 Å². The molecule has 0 aromatic heterocycles. The minimum Gasteiger partial charge on any atom is -0.371 e. The Morgan fingerprint density at radius 1 is 1.21 bits per heavy atom. The second-order valence-corrected chi connectivity index (χ2v) is 3.55. The van der Waals surface area contributed by atoms with Gasteiger partial charge in [0.2, 0.25) is 10.9 Å². The summed E-state index contributed by atoms with van der Waals surface area (Å²) in [6.45, 7) is 3.14. The van der Waals surface area contributed by atoms with Crippen LogP contribution in [0.25, 0.3) is 0 Å². The fourth-order valence-corrected chi connectivity index (χ4v) is 1.56. The number of nitrogens with two attached hydrogens (primary N) is 1. The fourth-order valence-electron chi connectivity index (χ4n) is 1.56. The van der Waals surface area contributed by atoms with Crippen molar-refractivity contribution >= 4 is 5.69 Å². The van der Waals surface area contributed by atoms with Gasteiger partial charge >= 0.3 is 0 Å². The highest BCUT2D eigenvalue weighted by atomic mass is 16.2. The Balaban J connectivity index is 2.58. The van der Waals surface area contributed by atoms with Gasteiger partial charge in [0.15, 0.2) is 0 Å². The van der Waals surface area contributed by atoms with Gasteiger partial charge in [-0.05, 0) is 26.3 Å². The minimum atomic E-state index is -0.349. The van der Waals surface area contributed by atoms with Crippen LogP contribution in [-0.2, 0) is 0 Å². The molecule has 0 spiro atoms. The third kappa shape index (κ3) is 1.85. The normalized spacial score (nSPS) is 10.8. The maximum absolute atomic E-state index is 11.2. The van der Waals surface area contributed by atoms with Crippen molar-refractivity contribution < 1.29 is 0 Å². The molecule has 0 bridgehead atoms. The van der Waals surface area contributed by atoms with E-state index in [0.717, 1.165) is 19.4 Å². The SMILES string of the molecule is Cc1c(N(C)CCCCN)c(=O)c1=O. The van der Waals surface area contributed by atoms with E-state index in [-0.39, 0.29) is 10.9 Å². The monoisotopic (exact) mass is 196 g/mol. The quantitative estimate of drug-likeness (QED) is 0.522. The van der Waals surface area contributed by atoms with Gasteiger partial charge in [-0.15, -0.1) is 0 Å². The number of hydrogen-bond donors (Lipinski definition) is 1. The van der Waals surface area contributed by atoms with Crippen molar-refractivity contribution in [3.63, 3.8) is 0 Å². The number of nitrogens with zero attached hydrogens (tertiary/aromatic N) is 1. The molecule has 0 aliphatic carbocycles. The van der Waals surface area contributed by atoms with Gasteiger partial charge in [-0.2, -0.15) is 0 Å². The molecule has 0 saturated heterocycles. The van der Waals surface area contributed by atoms with Gasteiger partial charge < -0.3 is 10.6 Å². The summed E-state index contributed by atoms with van der Waals surface area (Å²) in [5.74, 6) is 0. The first-order valence-corrected chi connectivity index (χ1v) is 4.80. The predicted molar refractivity (Wildman–Crippen MR) is 57.6 cm³/mol. The lowest BCUT2D eigenvalue weighted by Crippen LogP contribution is -2.41. The highest BCUT2D eigenvalue weighted by molar-refractivity contribution is 5.57. The lowest BCUT2D eigenvalue weighted by Gasteiger charge is -2.21. The van der Waals surface area contributed by atoms with E-state index in [9.17, 15) is 9.59 Å². The van der Waals surface area contributed by atoms with Gasteiger partial charge in [0.25, 0.3) is 0 Å². The Morgan fingerprint density at radius 2 is 1.86 bits per heavy atom. The number of unbranched alkanes of at least 4 members (excludes halogenated alkanes) is 1. The molecule has 0 aliphatic rings. The molecule has 2 N–H and O–H groups in total. The summed E-state index contributed by atoms with van der Waals surface area (Å²) < 4.78 is 0. The smallest absolute Gasteiger partial charge is 0.249 e. The maximum Gasteiger partial charge on any atom is 0.249 e. The molecule has 0 aliphatic heterocycles. The lowest BCUT2D eigenvalue weighted by atomic mass is 10.1. The van der Waals surface area contributed by atoms with Crippen LogP contribution in [0.5, 0.6) is 0 Å². The molecule has 0 unspecified atom stereocenters. The van der Waals surface area contributed by atoms with E-state index in [1.807, 2.05) is 11.9 Å². The van der Waals surface area contributed by atoms with Crippen LogP contribution in [0.2, 0.25) is 0 Å². The molecule has 0 amide bonds. The Bertz CT molecular complexity index is 377. The zero-order valence-electron chi connectivity index (χ0n) is 8.67. The van der Waals surface area contributed by atoms with Crippen LogP contribution in [0.3, 0.4) is 0 Å².